The summed E-state index contributed by atoms with van der Waals surface area (Å²) in [5.74, 6) is 2.61. The van der Waals surface area contributed by atoms with Gasteiger partial charge in [-0.25, -0.2) is 4.99 Å². The van der Waals surface area contributed by atoms with Gasteiger partial charge in [0.25, 0.3) is 0 Å². The fourth-order valence-electron chi connectivity index (χ4n) is 2.56. The predicted octanol–water partition coefficient (Wildman–Crippen LogP) is 2.27. The topological polar surface area (TPSA) is 69.0 Å². The lowest BCUT2D eigenvalue weighted by molar-refractivity contribution is 0.324. The first-order chi connectivity index (χ1) is 12.7. The second-order valence-corrected chi connectivity index (χ2v) is 5.58. The molecular formula is C19H28N4O3. The van der Waals surface area contributed by atoms with Gasteiger partial charge in [-0.05, 0) is 36.8 Å². The molecule has 0 radical (unpaired) electrons. The molecule has 0 aliphatic carbocycles. The van der Waals surface area contributed by atoms with Crippen molar-refractivity contribution >= 4 is 5.96 Å². The molecule has 0 bridgehead atoms. The number of nitrogens with zero attached hydrogens (tertiary/aromatic N) is 2. The van der Waals surface area contributed by atoms with Gasteiger partial charge >= 0.3 is 0 Å². The third kappa shape index (κ3) is 5.34. The summed E-state index contributed by atoms with van der Waals surface area (Å²) >= 11 is 0. The molecule has 1 aromatic heterocycles. The van der Waals surface area contributed by atoms with Crippen LogP contribution in [0.25, 0.3) is 0 Å². The van der Waals surface area contributed by atoms with E-state index in [1.54, 1.807) is 21.3 Å². The van der Waals surface area contributed by atoms with Gasteiger partial charge in [-0.2, -0.15) is 0 Å². The van der Waals surface area contributed by atoms with Crippen LogP contribution in [0.3, 0.4) is 0 Å². The fraction of sp³-hybridized carbons (Fsp3) is 0.421. The Balaban J connectivity index is 2.05. The molecule has 0 fully saturated rings. The van der Waals surface area contributed by atoms with Crippen LogP contribution in [0.4, 0.5) is 0 Å². The molecule has 2 rings (SSSR count). The first kappa shape index (κ1) is 19.5. The molecule has 0 unspecified atom stereocenters. The van der Waals surface area contributed by atoms with E-state index in [0.717, 1.165) is 31.2 Å². The number of hydrogen-bond acceptors (Lipinski definition) is 4. The minimum atomic E-state index is 0.496. The van der Waals surface area contributed by atoms with E-state index in [2.05, 4.69) is 20.2 Å². The van der Waals surface area contributed by atoms with E-state index in [-0.39, 0.29) is 0 Å². The molecule has 0 aliphatic rings. The predicted molar refractivity (Wildman–Crippen MR) is 103 cm³/mol. The standard InChI is InChI=1S/C19H28N4O3/c1-5-20-19(21-8-11-23-9-6-7-10-23)22-14-15-12-16(24-2)18(26-4)17(13-15)25-3/h6-7,9-10,12-13H,5,8,11,14H2,1-4H3,(H2,20,21,22). The minimum Gasteiger partial charge on any atom is -0.493 e. The number of nitrogens with one attached hydrogen (secondary N) is 2. The van der Waals surface area contributed by atoms with Gasteiger partial charge in [-0.3, -0.25) is 0 Å². The Kier molecular flexibility index (Phi) is 7.67. The highest BCUT2D eigenvalue weighted by Gasteiger charge is 2.13. The average Bonchev–Trinajstić information content (AvgIpc) is 3.18. The molecule has 142 valence electrons. The highest BCUT2D eigenvalue weighted by Crippen LogP contribution is 2.38. The smallest absolute Gasteiger partial charge is 0.203 e. The van der Waals surface area contributed by atoms with Gasteiger partial charge in [-0.15, -0.1) is 0 Å². The Labute approximate surface area is 155 Å². The third-order valence-corrected chi connectivity index (χ3v) is 3.82. The molecule has 1 heterocycles. The second kappa shape index (κ2) is 10.2. The molecule has 2 aromatic rings. The molecular weight excluding hydrogens is 332 g/mol. The molecule has 1 aromatic carbocycles. The summed E-state index contributed by atoms with van der Waals surface area (Å²) in [6.07, 6.45) is 4.09. The van der Waals surface area contributed by atoms with Crippen molar-refractivity contribution in [3.05, 3.63) is 42.2 Å². The number of benzene rings is 1. The van der Waals surface area contributed by atoms with Crippen LogP contribution in [-0.4, -0.2) is 44.9 Å². The summed E-state index contributed by atoms with van der Waals surface area (Å²) in [7, 11) is 4.81. The maximum Gasteiger partial charge on any atom is 0.203 e. The van der Waals surface area contributed by atoms with Gasteiger partial charge in [0.1, 0.15) is 0 Å². The van der Waals surface area contributed by atoms with Crippen LogP contribution in [0.15, 0.2) is 41.7 Å². The van der Waals surface area contributed by atoms with Crippen LogP contribution >= 0.6 is 0 Å². The summed E-state index contributed by atoms with van der Waals surface area (Å²) < 4.78 is 18.3. The number of methoxy groups -OCH3 is 3. The fourth-order valence-corrected chi connectivity index (χ4v) is 2.56. The number of guanidine groups is 1. The Morgan fingerprint density at radius 1 is 1.00 bits per heavy atom. The highest BCUT2D eigenvalue weighted by atomic mass is 16.5. The van der Waals surface area contributed by atoms with Gasteiger partial charge in [0.15, 0.2) is 17.5 Å². The Morgan fingerprint density at radius 2 is 1.65 bits per heavy atom. The molecule has 2 N–H and O–H groups in total. The number of hydrogen-bond donors (Lipinski definition) is 2. The SMILES string of the molecule is CCNC(=NCc1cc(OC)c(OC)c(OC)c1)NCCn1cccc1. The quantitative estimate of drug-likeness (QED) is 0.530. The van der Waals surface area contributed by atoms with Crippen molar-refractivity contribution < 1.29 is 14.2 Å². The number of ether oxygens (including phenoxy) is 3. The summed E-state index contributed by atoms with van der Waals surface area (Å²) in [4.78, 5) is 4.64. The summed E-state index contributed by atoms with van der Waals surface area (Å²) in [5.41, 5.74) is 0.974. The van der Waals surface area contributed by atoms with E-state index in [1.165, 1.54) is 0 Å². The van der Waals surface area contributed by atoms with Crippen molar-refractivity contribution in [2.75, 3.05) is 34.4 Å². The molecule has 0 aliphatic heterocycles. The van der Waals surface area contributed by atoms with Crippen molar-refractivity contribution in [2.24, 2.45) is 4.99 Å². The van der Waals surface area contributed by atoms with Crippen molar-refractivity contribution in [3.63, 3.8) is 0 Å². The molecule has 7 heteroatoms. The lowest BCUT2D eigenvalue weighted by Gasteiger charge is -2.14. The Bertz CT molecular complexity index is 674. The van der Waals surface area contributed by atoms with Crippen LogP contribution in [0.1, 0.15) is 12.5 Å². The zero-order valence-electron chi connectivity index (χ0n) is 15.9. The van der Waals surface area contributed by atoms with E-state index in [4.69, 9.17) is 14.2 Å². The largest absolute Gasteiger partial charge is 0.493 e. The van der Waals surface area contributed by atoms with Gasteiger partial charge in [-0.1, -0.05) is 0 Å². The van der Waals surface area contributed by atoms with Crippen LogP contribution in [-0.2, 0) is 13.1 Å². The first-order valence-corrected chi connectivity index (χ1v) is 8.63. The second-order valence-electron chi connectivity index (χ2n) is 5.58. The number of rotatable bonds is 9. The number of aromatic nitrogens is 1. The normalized spacial score (nSPS) is 11.2. The molecule has 0 spiro atoms. The molecule has 0 saturated carbocycles. The summed E-state index contributed by atoms with van der Waals surface area (Å²) in [5, 5.41) is 6.59. The van der Waals surface area contributed by atoms with E-state index in [9.17, 15) is 0 Å². The van der Waals surface area contributed by atoms with Crippen LogP contribution in [0.2, 0.25) is 0 Å². The van der Waals surface area contributed by atoms with Crippen molar-refractivity contribution in [1.82, 2.24) is 15.2 Å². The zero-order chi connectivity index (χ0) is 18.8. The molecule has 26 heavy (non-hydrogen) atoms. The molecule has 7 nitrogen and oxygen atoms in total. The molecule has 0 atom stereocenters. The van der Waals surface area contributed by atoms with Crippen molar-refractivity contribution in [3.8, 4) is 17.2 Å². The number of aliphatic imine (C=N–C) groups is 1. The van der Waals surface area contributed by atoms with Crippen LogP contribution in [0.5, 0.6) is 17.2 Å². The molecule has 0 saturated heterocycles. The maximum atomic E-state index is 5.39. The average molecular weight is 360 g/mol. The van der Waals surface area contributed by atoms with E-state index < -0.39 is 0 Å². The van der Waals surface area contributed by atoms with E-state index >= 15 is 0 Å². The Hall–Kier alpha value is -2.83. The monoisotopic (exact) mass is 360 g/mol. The lowest BCUT2D eigenvalue weighted by Crippen LogP contribution is -2.38. The maximum absolute atomic E-state index is 5.39. The highest BCUT2D eigenvalue weighted by molar-refractivity contribution is 5.79. The lowest BCUT2D eigenvalue weighted by atomic mass is 10.2. The van der Waals surface area contributed by atoms with Crippen LogP contribution < -0.4 is 24.8 Å². The Morgan fingerprint density at radius 3 is 2.19 bits per heavy atom. The van der Waals surface area contributed by atoms with Gasteiger partial charge < -0.3 is 29.4 Å². The first-order valence-electron chi connectivity index (χ1n) is 8.63. The minimum absolute atomic E-state index is 0.496. The summed E-state index contributed by atoms with van der Waals surface area (Å²) in [6.45, 7) is 5.00. The summed E-state index contributed by atoms with van der Waals surface area (Å²) in [6, 6.07) is 7.86. The van der Waals surface area contributed by atoms with Gasteiger partial charge in [0.05, 0.1) is 27.9 Å². The molecule has 0 amide bonds. The van der Waals surface area contributed by atoms with Crippen LogP contribution in [0, 0.1) is 0 Å². The third-order valence-electron chi connectivity index (χ3n) is 3.82. The van der Waals surface area contributed by atoms with Crippen molar-refractivity contribution in [1.29, 1.82) is 0 Å². The van der Waals surface area contributed by atoms with E-state index in [0.29, 0.717) is 23.8 Å². The van der Waals surface area contributed by atoms with Gasteiger partial charge in [0, 0.05) is 32.0 Å². The van der Waals surface area contributed by atoms with Crippen molar-refractivity contribution in [2.45, 2.75) is 20.0 Å². The van der Waals surface area contributed by atoms with E-state index in [1.807, 2.05) is 43.6 Å². The zero-order valence-corrected chi connectivity index (χ0v) is 15.9. The van der Waals surface area contributed by atoms with Gasteiger partial charge in [0.2, 0.25) is 5.75 Å².